The van der Waals surface area contributed by atoms with Crippen LogP contribution >= 0.6 is 22.6 Å². The maximum absolute atomic E-state index is 11.5. The van der Waals surface area contributed by atoms with Crippen molar-refractivity contribution in [2.45, 2.75) is 38.6 Å². The summed E-state index contributed by atoms with van der Waals surface area (Å²) in [6.07, 6.45) is 3.60. The van der Waals surface area contributed by atoms with Crippen LogP contribution in [-0.4, -0.2) is 18.5 Å². The average molecular weight is 360 g/mol. The Morgan fingerprint density at radius 3 is 2.61 bits per heavy atom. The number of unbranched alkanes of at least 4 members (excludes halogenated alkanes) is 1. The van der Waals surface area contributed by atoms with Crippen LogP contribution in [0, 0.1) is 3.57 Å². The summed E-state index contributed by atoms with van der Waals surface area (Å²) in [5.74, 6) is 0.107. The number of carbonyl (C=O) groups excluding carboxylic acids is 1. The summed E-state index contributed by atoms with van der Waals surface area (Å²) >= 11 is 2.30. The minimum absolute atomic E-state index is 0.0775. The van der Waals surface area contributed by atoms with Gasteiger partial charge in [-0.1, -0.05) is 12.1 Å². The van der Waals surface area contributed by atoms with Crippen LogP contribution in [0.4, 0.5) is 0 Å². The first-order valence-electron chi connectivity index (χ1n) is 6.35. The van der Waals surface area contributed by atoms with Crippen molar-refractivity contribution < 1.29 is 4.79 Å². The highest BCUT2D eigenvalue weighted by atomic mass is 127. The number of nitrogens with one attached hydrogen (secondary N) is 1. The van der Waals surface area contributed by atoms with E-state index in [0.717, 1.165) is 19.3 Å². The summed E-state index contributed by atoms with van der Waals surface area (Å²) in [6.45, 7) is 2.41. The van der Waals surface area contributed by atoms with Gasteiger partial charge in [-0.05, 0) is 66.5 Å². The van der Waals surface area contributed by atoms with E-state index in [1.54, 1.807) is 0 Å². The molecule has 0 spiro atoms. The normalized spacial score (nSPS) is 12.2. The Labute approximate surface area is 123 Å². The Bertz CT molecular complexity index is 365. The van der Waals surface area contributed by atoms with Gasteiger partial charge < -0.3 is 11.1 Å². The van der Waals surface area contributed by atoms with Crippen LogP contribution in [0.1, 0.15) is 31.7 Å². The lowest BCUT2D eigenvalue weighted by Crippen LogP contribution is -2.37. The average Bonchev–Trinajstić information content (AvgIpc) is 2.36. The zero-order valence-electron chi connectivity index (χ0n) is 10.8. The van der Waals surface area contributed by atoms with E-state index in [9.17, 15) is 4.79 Å². The Morgan fingerprint density at radius 2 is 2.00 bits per heavy atom. The van der Waals surface area contributed by atoms with E-state index in [4.69, 9.17) is 5.73 Å². The van der Waals surface area contributed by atoms with E-state index in [0.29, 0.717) is 13.0 Å². The van der Waals surface area contributed by atoms with Crippen molar-refractivity contribution in [3.63, 3.8) is 0 Å². The molecule has 0 aliphatic heterocycles. The van der Waals surface area contributed by atoms with Crippen molar-refractivity contribution >= 4 is 28.5 Å². The van der Waals surface area contributed by atoms with Crippen LogP contribution in [0.2, 0.25) is 0 Å². The van der Waals surface area contributed by atoms with Gasteiger partial charge in [-0.2, -0.15) is 0 Å². The number of halogens is 1. The fraction of sp³-hybridized carbons (Fsp3) is 0.500. The van der Waals surface area contributed by atoms with Crippen molar-refractivity contribution in [1.29, 1.82) is 0 Å². The number of hydrogen-bond donors (Lipinski definition) is 2. The maximum Gasteiger partial charge on any atom is 0.220 e. The molecule has 0 unspecified atom stereocenters. The van der Waals surface area contributed by atoms with E-state index < -0.39 is 0 Å². The minimum atomic E-state index is 0.0775. The van der Waals surface area contributed by atoms with Gasteiger partial charge in [0.1, 0.15) is 0 Å². The highest BCUT2D eigenvalue weighted by Crippen LogP contribution is 2.10. The number of rotatable bonds is 7. The van der Waals surface area contributed by atoms with Crippen molar-refractivity contribution in [2.75, 3.05) is 6.54 Å². The second-order valence-electron chi connectivity index (χ2n) is 4.54. The lowest BCUT2D eigenvalue weighted by molar-refractivity contribution is -0.121. The number of nitrogens with two attached hydrogens (primary N) is 1. The summed E-state index contributed by atoms with van der Waals surface area (Å²) < 4.78 is 1.26. The van der Waals surface area contributed by atoms with Crippen LogP contribution in [0.25, 0.3) is 0 Å². The van der Waals surface area contributed by atoms with Crippen LogP contribution in [-0.2, 0) is 11.2 Å². The number of amides is 1. The maximum atomic E-state index is 11.5. The Hall–Kier alpha value is -0.620. The molecule has 0 fully saturated rings. The molecule has 0 saturated heterocycles. The molecule has 1 aromatic carbocycles. The van der Waals surface area contributed by atoms with Crippen molar-refractivity contribution in [1.82, 2.24) is 5.32 Å². The molecule has 1 rings (SSSR count). The summed E-state index contributed by atoms with van der Waals surface area (Å²) in [6, 6.07) is 8.61. The van der Waals surface area contributed by atoms with Gasteiger partial charge in [0.25, 0.3) is 0 Å². The van der Waals surface area contributed by atoms with Crippen molar-refractivity contribution in [2.24, 2.45) is 5.73 Å². The highest BCUT2D eigenvalue weighted by molar-refractivity contribution is 14.1. The molecule has 0 radical (unpaired) electrons. The fourth-order valence-electron chi connectivity index (χ4n) is 1.67. The van der Waals surface area contributed by atoms with Gasteiger partial charge in [0.2, 0.25) is 5.91 Å². The quantitative estimate of drug-likeness (QED) is 0.580. The molecular weight excluding hydrogens is 339 g/mol. The van der Waals surface area contributed by atoms with E-state index in [2.05, 4.69) is 52.2 Å². The predicted octanol–water partition coefficient (Wildman–Crippen LogP) is 2.47. The van der Waals surface area contributed by atoms with Gasteiger partial charge in [0, 0.05) is 22.6 Å². The first-order chi connectivity index (χ1) is 8.61. The Morgan fingerprint density at radius 1 is 1.33 bits per heavy atom. The van der Waals surface area contributed by atoms with E-state index >= 15 is 0 Å². The van der Waals surface area contributed by atoms with Gasteiger partial charge >= 0.3 is 0 Å². The molecule has 3 N–H and O–H groups in total. The lowest BCUT2D eigenvalue weighted by Gasteiger charge is -2.10. The van der Waals surface area contributed by atoms with E-state index in [-0.39, 0.29) is 11.9 Å². The van der Waals surface area contributed by atoms with Crippen LogP contribution in [0.5, 0.6) is 0 Å². The molecule has 0 heterocycles. The molecule has 0 saturated carbocycles. The first kappa shape index (κ1) is 15.4. The fourth-order valence-corrected chi connectivity index (χ4v) is 2.03. The molecule has 4 heteroatoms. The topological polar surface area (TPSA) is 55.1 Å². The number of hydrogen-bond acceptors (Lipinski definition) is 2. The number of benzene rings is 1. The first-order valence-corrected chi connectivity index (χ1v) is 7.43. The second-order valence-corrected chi connectivity index (χ2v) is 5.78. The Kier molecular flexibility index (Phi) is 7.27. The molecule has 1 aromatic rings. The van der Waals surface area contributed by atoms with Crippen LogP contribution < -0.4 is 11.1 Å². The SMILES string of the molecule is C[C@@H](CN)NC(=O)CCCCc1ccc(I)cc1. The summed E-state index contributed by atoms with van der Waals surface area (Å²) in [7, 11) is 0. The van der Waals surface area contributed by atoms with E-state index in [1.807, 2.05) is 6.92 Å². The van der Waals surface area contributed by atoms with Crippen LogP contribution in [0.15, 0.2) is 24.3 Å². The molecule has 0 bridgehead atoms. The summed E-state index contributed by atoms with van der Waals surface area (Å²) in [5, 5.41) is 2.87. The summed E-state index contributed by atoms with van der Waals surface area (Å²) in [4.78, 5) is 11.5. The van der Waals surface area contributed by atoms with Crippen molar-refractivity contribution in [3.05, 3.63) is 33.4 Å². The number of aryl methyl sites for hydroxylation is 1. The molecule has 0 aromatic heterocycles. The highest BCUT2D eigenvalue weighted by Gasteiger charge is 2.04. The molecule has 0 aliphatic carbocycles. The smallest absolute Gasteiger partial charge is 0.220 e. The zero-order valence-corrected chi connectivity index (χ0v) is 12.9. The molecular formula is C14H21IN2O. The molecule has 100 valence electrons. The van der Waals surface area contributed by atoms with Gasteiger partial charge in [-0.3, -0.25) is 4.79 Å². The Balaban J connectivity index is 2.15. The molecule has 18 heavy (non-hydrogen) atoms. The van der Waals surface area contributed by atoms with Gasteiger partial charge in [0.05, 0.1) is 0 Å². The second kappa shape index (κ2) is 8.48. The third-order valence-electron chi connectivity index (χ3n) is 2.79. The monoisotopic (exact) mass is 360 g/mol. The van der Waals surface area contributed by atoms with Gasteiger partial charge in [-0.15, -0.1) is 0 Å². The molecule has 1 atom stereocenters. The number of carbonyl (C=O) groups is 1. The third kappa shape index (κ3) is 6.35. The van der Waals surface area contributed by atoms with Crippen LogP contribution in [0.3, 0.4) is 0 Å². The van der Waals surface area contributed by atoms with Gasteiger partial charge in [-0.25, -0.2) is 0 Å². The minimum Gasteiger partial charge on any atom is -0.352 e. The van der Waals surface area contributed by atoms with Gasteiger partial charge in [0.15, 0.2) is 0 Å². The van der Waals surface area contributed by atoms with E-state index in [1.165, 1.54) is 9.13 Å². The molecule has 0 aliphatic rings. The molecule has 3 nitrogen and oxygen atoms in total. The third-order valence-corrected chi connectivity index (χ3v) is 3.51. The van der Waals surface area contributed by atoms with Crippen molar-refractivity contribution in [3.8, 4) is 0 Å². The standard InChI is InChI=1S/C14H21IN2O/c1-11(10-16)17-14(18)5-3-2-4-12-6-8-13(15)9-7-12/h6-9,11H,2-5,10,16H2,1H3,(H,17,18)/t11-/m0/s1. The zero-order chi connectivity index (χ0) is 13.4. The lowest BCUT2D eigenvalue weighted by atomic mass is 10.1. The largest absolute Gasteiger partial charge is 0.352 e. The summed E-state index contributed by atoms with van der Waals surface area (Å²) in [5.41, 5.74) is 6.79. The molecule has 1 amide bonds. The predicted molar refractivity (Wildman–Crippen MR) is 83.4 cm³/mol.